The topological polar surface area (TPSA) is 39.9 Å². The minimum absolute atomic E-state index is 0.0787. The molecule has 2 heterocycles. The summed E-state index contributed by atoms with van der Waals surface area (Å²) in [6.45, 7) is 2.87. The predicted molar refractivity (Wildman–Crippen MR) is 122 cm³/mol. The first-order chi connectivity index (χ1) is 15.2. The third-order valence-corrected chi connectivity index (χ3v) is 6.72. The summed E-state index contributed by atoms with van der Waals surface area (Å²) in [4.78, 5) is 9.54. The highest BCUT2D eigenvalue weighted by Crippen LogP contribution is 2.37. The number of halogens is 1. The van der Waals surface area contributed by atoms with Crippen molar-refractivity contribution in [2.45, 2.75) is 57.4 Å². The van der Waals surface area contributed by atoms with Gasteiger partial charge in [0.25, 0.3) is 0 Å². The molecule has 5 rings (SSSR count). The SMILES string of the molecule is COc1ccc(F)cc1C(C)Cn1c(C2CCCCC2)nc2c3cnccc3ccc21. The van der Waals surface area contributed by atoms with Gasteiger partial charge in [-0.15, -0.1) is 0 Å². The summed E-state index contributed by atoms with van der Waals surface area (Å²) in [5, 5.41) is 2.24. The fourth-order valence-corrected chi connectivity index (χ4v) is 5.09. The van der Waals surface area contributed by atoms with Gasteiger partial charge in [-0.3, -0.25) is 4.98 Å². The lowest BCUT2D eigenvalue weighted by molar-refractivity contribution is 0.396. The van der Waals surface area contributed by atoms with Crippen molar-refractivity contribution in [3.8, 4) is 5.75 Å². The van der Waals surface area contributed by atoms with Gasteiger partial charge in [0.2, 0.25) is 0 Å². The van der Waals surface area contributed by atoms with Crippen LogP contribution in [0.1, 0.15) is 62.3 Å². The Bertz CT molecular complexity index is 1230. The van der Waals surface area contributed by atoms with Crippen molar-refractivity contribution >= 4 is 21.8 Å². The summed E-state index contributed by atoms with van der Waals surface area (Å²) in [6, 6.07) is 11.1. The van der Waals surface area contributed by atoms with E-state index in [0.717, 1.165) is 45.5 Å². The highest BCUT2D eigenvalue weighted by atomic mass is 19.1. The monoisotopic (exact) mass is 417 g/mol. The van der Waals surface area contributed by atoms with Crippen molar-refractivity contribution in [2.24, 2.45) is 0 Å². The molecule has 1 saturated carbocycles. The van der Waals surface area contributed by atoms with Crippen LogP contribution < -0.4 is 4.74 Å². The van der Waals surface area contributed by atoms with Gasteiger partial charge in [-0.1, -0.05) is 32.3 Å². The number of pyridine rings is 1. The van der Waals surface area contributed by atoms with Crippen LogP contribution in [-0.2, 0) is 6.54 Å². The van der Waals surface area contributed by atoms with Crippen molar-refractivity contribution in [3.63, 3.8) is 0 Å². The minimum atomic E-state index is -0.234. The average Bonchev–Trinajstić information content (AvgIpc) is 3.18. The van der Waals surface area contributed by atoms with Gasteiger partial charge in [-0.25, -0.2) is 9.37 Å². The van der Waals surface area contributed by atoms with Gasteiger partial charge in [0.1, 0.15) is 17.4 Å². The second-order valence-electron chi connectivity index (χ2n) is 8.73. The number of imidazole rings is 1. The van der Waals surface area contributed by atoms with Crippen LogP contribution in [0.15, 0.2) is 48.8 Å². The first kappa shape index (κ1) is 20.0. The summed E-state index contributed by atoms with van der Waals surface area (Å²) in [7, 11) is 1.64. The van der Waals surface area contributed by atoms with Crippen molar-refractivity contribution in [1.82, 2.24) is 14.5 Å². The van der Waals surface area contributed by atoms with E-state index in [1.165, 1.54) is 38.2 Å². The van der Waals surface area contributed by atoms with Gasteiger partial charge in [-0.05, 0) is 48.6 Å². The number of fused-ring (bicyclic) bond motifs is 3. The lowest BCUT2D eigenvalue weighted by Crippen LogP contribution is -2.15. The Balaban J connectivity index is 1.64. The van der Waals surface area contributed by atoms with E-state index in [2.05, 4.69) is 28.6 Å². The van der Waals surface area contributed by atoms with Gasteiger partial charge < -0.3 is 9.30 Å². The number of aromatic nitrogens is 3. The van der Waals surface area contributed by atoms with Crippen LogP contribution in [0.2, 0.25) is 0 Å². The Labute approximate surface area is 182 Å². The fourth-order valence-electron chi connectivity index (χ4n) is 5.09. The van der Waals surface area contributed by atoms with Crippen LogP contribution >= 0.6 is 0 Å². The van der Waals surface area contributed by atoms with Crippen LogP contribution in [0.3, 0.4) is 0 Å². The fraction of sp³-hybridized carbons (Fsp3) is 0.385. The lowest BCUT2D eigenvalue weighted by Gasteiger charge is -2.24. The molecule has 0 aliphatic heterocycles. The second kappa shape index (κ2) is 8.29. The van der Waals surface area contributed by atoms with Crippen LogP contribution in [-0.4, -0.2) is 21.6 Å². The van der Waals surface area contributed by atoms with E-state index < -0.39 is 0 Å². The second-order valence-corrected chi connectivity index (χ2v) is 8.73. The molecule has 0 amide bonds. The van der Waals surface area contributed by atoms with E-state index in [0.29, 0.717) is 5.92 Å². The van der Waals surface area contributed by atoms with E-state index in [1.807, 2.05) is 18.5 Å². The molecule has 1 aliphatic rings. The Morgan fingerprint density at radius 2 is 1.97 bits per heavy atom. The number of nitrogens with zero attached hydrogens (tertiary/aromatic N) is 3. The zero-order chi connectivity index (χ0) is 21.4. The Morgan fingerprint density at radius 1 is 1.13 bits per heavy atom. The van der Waals surface area contributed by atoms with Crippen LogP contribution in [0, 0.1) is 5.82 Å². The van der Waals surface area contributed by atoms with E-state index >= 15 is 0 Å². The third-order valence-electron chi connectivity index (χ3n) is 6.72. The van der Waals surface area contributed by atoms with Crippen LogP contribution in [0.4, 0.5) is 4.39 Å². The normalized spacial score (nSPS) is 16.1. The first-order valence-electron chi connectivity index (χ1n) is 11.2. The number of rotatable bonds is 5. The van der Waals surface area contributed by atoms with E-state index in [-0.39, 0.29) is 11.7 Å². The van der Waals surface area contributed by atoms with Crippen molar-refractivity contribution in [2.75, 3.05) is 7.11 Å². The van der Waals surface area contributed by atoms with Gasteiger partial charge in [-0.2, -0.15) is 0 Å². The summed E-state index contributed by atoms with van der Waals surface area (Å²) in [6.07, 6.45) is 9.91. The molecule has 1 atom stereocenters. The lowest BCUT2D eigenvalue weighted by atomic mass is 9.88. The molecule has 4 nitrogen and oxygen atoms in total. The molecule has 1 fully saturated rings. The smallest absolute Gasteiger partial charge is 0.123 e. The maximum atomic E-state index is 14.0. The van der Waals surface area contributed by atoms with Gasteiger partial charge in [0.15, 0.2) is 0 Å². The van der Waals surface area contributed by atoms with Crippen LogP contribution in [0.5, 0.6) is 5.75 Å². The zero-order valence-electron chi connectivity index (χ0n) is 18.1. The zero-order valence-corrected chi connectivity index (χ0v) is 18.1. The molecule has 31 heavy (non-hydrogen) atoms. The predicted octanol–water partition coefficient (Wildman–Crippen LogP) is 6.58. The number of methoxy groups -OCH3 is 1. The summed E-state index contributed by atoms with van der Waals surface area (Å²) < 4.78 is 21.9. The number of ether oxygens (including phenoxy) is 1. The van der Waals surface area contributed by atoms with Gasteiger partial charge in [0, 0.05) is 41.7 Å². The summed E-state index contributed by atoms with van der Waals surface area (Å²) >= 11 is 0. The maximum absolute atomic E-state index is 14.0. The Kier molecular flexibility index (Phi) is 5.34. The molecule has 1 unspecified atom stereocenters. The molecule has 0 N–H and O–H groups in total. The molecular formula is C26H28FN3O. The number of hydrogen-bond acceptors (Lipinski definition) is 3. The highest BCUT2D eigenvalue weighted by Gasteiger charge is 2.25. The van der Waals surface area contributed by atoms with Crippen LogP contribution in [0.25, 0.3) is 21.8 Å². The quantitative estimate of drug-likeness (QED) is 0.368. The van der Waals surface area contributed by atoms with Crippen molar-refractivity contribution in [1.29, 1.82) is 0 Å². The maximum Gasteiger partial charge on any atom is 0.123 e. The first-order valence-corrected chi connectivity index (χ1v) is 11.2. The van der Waals surface area contributed by atoms with Gasteiger partial charge >= 0.3 is 0 Å². The van der Waals surface area contributed by atoms with Crippen molar-refractivity contribution in [3.05, 3.63) is 66.0 Å². The van der Waals surface area contributed by atoms with E-state index in [9.17, 15) is 4.39 Å². The average molecular weight is 418 g/mol. The molecule has 0 radical (unpaired) electrons. The standard InChI is InChI=1S/C26H28FN3O/c1-17(21-14-20(27)9-11-24(21)31-2)16-30-23-10-8-18-12-13-28-15-22(18)25(23)29-26(30)19-6-4-3-5-7-19/h8-15,17,19H,3-7,16H2,1-2H3. The summed E-state index contributed by atoms with van der Waals surface area (Å²) in [5.41, 5.74) is 3.04. The molecule has 2 aromatic carbocycles. The molecule has 0 bridgehead atoms. The number of benzene rings is 2. The molecule has 5 heteroatoms. The molecule has 0 spiro atoms. The molecule has 4 aromatic rings. The van der Waals surface area contributed by atoms with Gasteiger partial charge in [0.05, 0.1) is 18.1 Å². The largest absolute Gasteiger partial charge is 0.496 e. The Hall–Kier alpha value is -2.95. The van der Waals surface area contributed by atoms with E-state index in [4.69, 9.17) is 9.72 Å². The van der Waals surface area contributed by atoms with E-state index in [1.54, 1.807) is 19.2 Å². The molecule has 1 aliphatic carbocycles. The minimum Gasteiger partial charge on any atom is -0.496 e. The highest BCUT2D eigenvalue weighted by molar-refractivity contribution is 6.03. The molecule has 160 valence electrons. The summed E-state index contributed by atoms with van der Waals surface area (Å²) in [5.74, 6) is 2.20. The number of hydrogen-bond donors (Lipinski definition) is 0. The molecular weight excluding hydrogens is 389 g/mol. The molecule has 2 aromatic heterocycles. The Morgan fingerprint density at radius 3 is 2.77 bits per heavy atom. The third kappa shape index (κ3) is 3.67. The van der Waals surface area contributed by atoms with Crippen molar-refractivity contribution < 1.29 is 9.13 Å². The molecule has 0 saturated heterocycles.